The number of benzene rings is 2. The molecule has 3 aromatic rings. The molecule has 4 nitrogen and oxygen atoms in total. The normalized spacial score (nSPS) is 11.0. The molecule has 0 atom stereocenters. The Kier molecular flexibility index (Phi) is 2.93. The molecule has 2 aromatic carbocycles. The van der Waals surface area contributed by atoms with Crippen LogP contribution in [0.4, 0.5) is 0 Å². The second-order valence-corrected chi connectivity index (χ2v) is 4.25. The van der Waals surface area contributed by atoms with E-state index in [1.54, 1.807) is 24.3 Å². The van der Waals surface area contributed by atoms with Crippen molar-refractivity contribution in [2.75, 3.05) is 13.2 Å². The predicted molar refractivity (Wildman–Crippen MR) is 74.7 cm³/mol. The van der Waals surface area contributed by atoms with Crippen molar-refractivity contribution in [3.05, 3.63) is 52.7 Å². The Morgan fingerprint density at radius 2 is 1.84 bits per heavy atom. The van der Waals surface area contributed by atoms with Gasteiger partial charge >= 0.3 is 0 Å². The molecule has 0 amide bonds. The van der Waals surface area contributed by atoms with Crippen LogP contribution in [0.1, 0.15) is 0 Å². The fraction of sp³-hybridized carbons (Fsp3) is 0.133. The third-order valence-corrected chi connectivity index (χ3v) is 3.05. The van der Waals surface area contributed by atoms with Crippen molar-refractivity contribution in [1.82, 2.24) is 4.98 Å². The van der Waals surface area contributed by atoms with Gasteiger partial charge in [-0.2, -0.15) is 0 Å². The number of rotatable bonds is 3. The van der Waals surface area contributed by atoms with Crippen LogP contribution in [0, 0.1) is 0 Å². The fourth-order valence-electron chi connectivity index (χ4n) is 2.20. The Labute approximate surface area is 109 Å². The number of hydrogen-bond donors (Lipinski definition) is 2. The van der Waals surface area contributed by atoms with E-state index in [9.17, 15) is 4.79 Å². The van der Waals surface area contributed by atoms with Crippen molar-refractivity contribution in [3.8, 4) is 5.75 Å². The van der Waals surface area contributed by atoms with E-state index in [0.717, 1.165) is 5.52 Å². The Bertz CT molecular complexity index is 792. The summed E-state index contributed by atoms with van der Waals surface area (Å²) in [4.78, 5) is 15.6. The van der Waals surface area contributed by atoms with Crippen LogP contribution in [0.3, 0.4) is 0 Å². The molecule has 0 aliphatic carbocycles. The first-order chi connectivity index (χ1) is 9.31. The number of aliphatic hydroxyl groups is 1. The van der Waals surface area contributed by atoms with E-state index < -0.39 is 0 Å². The van der Waals surface area contributed by atoms with E-state index in [1.165, 1.54) is 0 Å². The summed E-state index contributed by atoms with van der Waals surface area (Å²) in [5, 5.41) is 10.1. The van der Waals surface area contributed by atoms with Crippen molar-refractivity contribution < 1.29 is 9.84 Å². The van der Waals surface area contributed by atoms with E-state index in [1.807, 2.05) is 18.2 Å². The smallest absolute Gasteiger partial charge is 0.197 e. The molecule has 1 heterocycles. The number of hydrogen-bond acceptors (Lipinski definition) is 3. The van der Waals surface area contributed by atoms with Crippen LogP contribution in [-0.2, 0) is 0 Å². The van der Waals surface area contributed by atoms with Crippen LogP contribution >= 0.6 is 0 Å². The van der Waals surface area contributed by atoms with Crippen molar-refractivity contribution in [2.45, 2.75) is 0 Å². The van der Waals surface area contributed by atoms with Gasteiger partial charge < -0.3 is 14.8 Å². The van der Waals surface area contributed by atoms with Gasteiger partial charge in [-0.15, -0.1) is 0 Å². The molecule has 3 rings (SSSR count). The summed E-state index contributed by atoms with van der Waals surface area (Å²) in [6.07, 6.45) is 0. The summed E-state index contributed by atoms with van der Waals surface area (Å²) < 4.78 is 5.45. The molecule has 0 radical (unpaired) electrons. The van der Waals surface area contributed by atoms with Gasteiger partial charge in [0.15, 0.2) is 5.43 Å². The van der Waals surface area contributed by atoms with Crippen LogP contribution < -0.4 is 10.2 Å². The van der Waals surface area contributed by atoms with Crippen LogP contribution in [0.25, 0.3) is 21.8 Å². The average molecular weight is 255 g/mol. The zero-order valence-electron chi connectivity index (χ0n) is 10.2. The first-order valence-electron chi connectivity index (χ1n) is 6.08. The summed E-state index contributed by atoms with van der Waals surface area (Å²) in [6.45, 7) is 0.141. The van der Waals surface area contributed by atoms with E-state index in [0.29, 0.717) is 22.0 Å². The second kappa shape index (κ2) is 4.74. The van der Waals surface area contributed by atoms with E-state index >= 15 is 0 Å². The largest absolute Gasteiger partial charge is 0.489 e. The summed E-state index contributed by atoms with van der Waals surface area (Å²) >= 11 is 0. The van der Waals surface area contributed by atoms with E-state index in [-0.39, 0.29) is 18.6 Å². The number of aliphatic hydroxyl groups excluding tert-OH is 1. The highest BCUT2D eigenvalue weighted by molar-refractivity contribution is 5.95. The number of ether oxygens (including phenoxy) is 1. The Morgan fingerprint density at radius 1 is 1.05 bits per heavy atom. The van der Waals surface area contributed by atoms with Crippen LogP contribution in [0.5, 0.6) is 5.75 Å². The van der Waals surface area contributed by atoms with Gasteiger partial charge in [0.2, 0.25) is 0 Å². The predicted octanol–water partition coefficient (Wildman–Crippen LogP) is 2.05. The van der Waals surface area contributed by atoms with Gasteiger partial charge in [0.25, 0.3) is 0 Å². The molecule has 0 aliphatic heterocycles. The highest BCUT2D eigenvalue weighted by Gasteiger charge is 2.08. The second-order valence-electron chi connectivity index (χ2n) is 4.25. The van der Waals surface area contributed by atoms with Crippen molar-refractivity contribution >= 4 is 21.8 Å². The lowest BCUT2D eigenvalue weighted by molar-refractivity contribution is 0.202. The highest BCUT2D eigenvalue weighted by atomic mass is 16.5. The number of pyridine rings is 1. The lowest BCUT2D eigenvalue weighted by Gasteiger charge is -2.09. The monoisotopic (exact) mass is 255 g/mol. The summed E-state index contributed by atoms with van der Waals surface area (Å²) in [5.74, 6) is 0.578. The summed E-state index contributed by atoms with van der Waals surface area (Å²) in [6, 6.07) is 12.7. The maximum absolute atomic E-state index is 12.4. The number of fused-ring (bicyclic) bond motifs is 2. The van der Waals surface area contributed by atoms with Crippen LogP contribution in [-0.4, -0.2) is 23.3 Å². The van der Waals surface area contributed by atoms with Gasteiger partial charge in [0.1, 0.15) is 12.4 Å². The SMILES string of the molecule is O=c1c2ccccc2[nH]c2c(OCCO)cccc12. The van der Waals surface area contributed by atoms with Crippen LogP contribution in [0.15, 0.2) is 47.3 Å². The Morgan fingerprint density at radius 3 is 2.68 bits per heavy atom. The molecule has 0 fully saturated rings. The Hall–Kier alpha value is -2.33. The van der Waals surface area contributed by atoms with Crippen LogP contribution in [0.2, 0.25) is 0 Å². The molecule has 1 aromatic heterocycles. The number of aromatic nitrogens is 1. The summed E-state index contributed by atoms with van der Waals surface area (Å²) in [7, 11) is 0. The molecule has 0 spiro atoms. The topological polar surface area (TPSA) is 62.3 Å². The number of para-hydroxylation sites is 2. The lowest BCUT2D eigenvalue weighted by atomic mass is 10.1. The van der Waals surface area contributed by atoms with E-state index in [2.05, 4.69) is 4.98 Å². The Balaban J connectivity index is 2.34. The first-order valence-corrected chi connectivity index (χ1v) is 6.08. The lowest BCUT2D eigenvalue weighted by Crippen LogP contribution is -2.07. The number of nitrogens with one attached hydrogen (secondary N) is 1. The minimum absolute atomic E-state index is 0.0150. The molecular weight excluding hydrogens is 242 g/mol. The zero-order chi connectivity index (χ0) is 13.2. The minimum Gasteiger partial charge on any atom is -0.489 e. The molecule has 0 bridgehead atoms. The highest BCUT2D eigenvalue weighted by Crippen LogP contribution is 2.23. The van der Waals surface area contributed by atoms with Gasteiger partial charge in [-0.1, -0.05) is 18.2 Å². The van der Waals surface area contributed by atoms with Crippen molar-refractivity contribution in [3.63, 3.8) is 0 Å². The molecular formula is C15H13NO3. The van der Waals surface area contributed by atoms with Gasteiger partial charge in [0.05, 0.1) is 12.1 Å². The molecule has 4 heteroatoms. The first kappa shape index (κ1) is 11.7. The third-order valence-electron chi connectivity index (χ3n) is 3.05. The molecule has 0 aliphatic rings. The fourth-order valence-corrected chi connectivity index (χ4v) is 2.20. The van der Waals surface area contributed by atoms with E-state index in [4.69, 9.17) is 9.84 Å². The van der Waals surface area contributed by atoms with Gasteiger partial charge in [0, 0.05) is 16.3 Å². The number of aromatic amines is 1. The molecule has 0 saturated heterocycles. The minimum atomic E-state index is -0.0613. The zero-order valence-corrected chi connectivity index (χ0v) is 10.2. The molecule has 96 valence electrons. The average Bonchev–Trinajstić information content (AvgIpc) is 2.46. The van der Waals surface area contributed by atoms with Gasteiger partial charge in [-0.3, -0.25) is 4.79 Å². The standard InChI is InChI=1S/C15H13NO3/c17-8-9-19-13-7-3-5-11-14(13)16-12-6-2-1-4-10(12)15(11)18/h1-7,17H,8-9H2,(H,16,18). The molecule has 19 heavy (non-hydrogen) atoms. The third kappa shape index (κ3) is 1.96. The van der Waals surface area contributed by atoms with Gasteiger partial charge in [-0.25, -0.2) is 0 Å². The molecule has 2 N–H and O–H groups in total. The molecule has 0 unspecified atom stereocenters. The summed E-state index contributed by atoms with van der Waals surface area (Å²) in [5.41, 5.74) is 1.43. The quantitative estimate of drug-likeness (QED) is 0.704. The van der Waals surface area contributed by atoms with Crippen molar-refractivity contribution in [2.24, 2.45) is 0 Å². The number of H-pyrrole nitrogens is 1. The maximum Gasteiger partial charge on any atom is 0.197 e. The van der Waals surface area contributed by atoms with Crippen molar-refractivity contribution in [1.29, 1.82) is 0 Å². The maximum atomic E-state index is 12.4. The molecule has 0 saturated carbocycles. The van der Waals surface area contributed by atoms with Gasteiger partial charge in [-0.05, 0) is 24.3 Å².